The fraction of sp³-hybridized carbons (Fsp3) is 0.350. The van der Waals surface area contributed by atoms with Crippen LogP contribution in [0.2, 0.25) is 0 Å². The molecule has 0 fully saturated rings. The van der Waals surface area contributed by atoms with Crippen molar-refractivity contribution in [2.24, 2.45) is 0 Å². The molecule has 0 aliphatic heterocycles. The zero-order valence-corrected chi connectivity index (χ0v) is 14.9. The number of carbonyl (C=O) groups is 1. The lowest BCUT2D eigenvalue weighted by molar-refractivity contribution is -0.122. The van der Waals surface area contributed by atoms with Gasteiger partial charge < -0.3 is 15.2 Å². The summed E-state index contributed by atoms with van der Waals surface area (Å²) in [6.07, 6.45) is -0.676. The lowest BCUT2D eigenvalue weighted by Gasteiger charge is -2.21. The smallest absolute Gasteiger partial charge is 0.265 e. The minimum Gasteiger partial charge on any atom is -0.506 e. The first-order chi connectivity index (χ1) is 11.2. The quantitative estimate of drug-likeness (QED) is 0.818. The topological polar surface area (TPSA) is 58.6 Å². The van der Waals surface area contributed by atoms with Gasteiger partial charge in [-0.1, -0.05) is 44.5 Å². The number of hydrogen-bond donors (Lipinski definition) is 2. The minimum absolute atomic E-state index is 0.0406. The molecule has 4 heteroatoms. The molecule has 2 aromatic rings. The Balaban J connectivity index is 2.09. The Morgan fingerprint density at radius 1 is 1.12 bits per heavy atom. The molecule has 0 aromatic heterocycles. The van der Waals surface area contributed by atoms with Crippen LogP contribution in [0, 0.1) is 6.92 Å². The van der Waals surface area contributed by atoms with Crippen LogP contribution >= 0.6 is 0 Å². The van der Waals surface area contributed by atoms with Gasteiger partial charge in [0, 0.05) is 0 Å². The van der Waals surface area contributed by atoms with Crippen LogP contribution in [0.3, 0.4) is 0 Å². The van der Waals surface area contributed by atoms with E-state index in [0.29, 0.717) is 11.4 Å². The van der Waals surface area contributed by atoms with Crippen molar-refractivity contribution < 1.29 is 14.6 Å². The van der Waals surface area contributed by atoms with Gasteiger partial charge in [-0.3, -0.25) is 4.79 Å². The van der Waals surface area contributed by atoms with E-state index in [2.05, 4.69) is 26.1 Å². The first-order valence-corrected chi connectivity index (χ1v) is 8.04. The van der Waals surface area contributed by atoms with Crippen molar-refractivity contribution in [3.05, 3.63) is 53.6 Å². The average Bonchev–Trinajstić information content (AvgIpc) is 2.50. The summed E-state index contributed by atoms with van der Waals surface area (Å²) in [4.78, 5) is 12.3. The number of benzene rings is 2. The van der Waals surface area contributed by atoms with Gasteiger partial charge in [0.1, 0.15) is 11.5 Å². The second-order valence-corrected chi connectivity index (χ2v) is 7.04. The third-order valence-electron chi connectivity index (χ3n) is 3.82. The van der Waals surface area contributed by atoms with Crippen LogP contribution in [0.1, 0.15) is 38.8 Å². The van der Waals surface area contributed by atoms with Gasteiger partial charge in [-0.25, -0.2) is 0 Å². The third kappa shape index (κ3) is 4.51. The molecule has 0 spiro atoms. The Morgan fingerprint density at radius 2 is 1.75 bits per heavy atom. The van der Waals surface area contributed by atoms with Gasteiger partial charge in [0.05, 0.1) is 5.69 Å². The van der Waals surface area contributed by atoms with E-state index in [9.17, 15) is 9.90 Å². The number of anilines is 1. The van der Waals surface area contributed by atoms with E-state index >= 15 is 0 Å². The number of ether oxygens (including phenoxy) is 1. The van der Waals surface area contributed by atoms with Crippen molar-refractivity contribution in [2.45, 2.75) is 46.1 Å². The molecule has 0 bridgehead atoms. The number of aryl methyl sites for hydroxylation is 1. The summed E-state index contributed by atoms with van der Waals surface area (Å²) in [7, 11) is 0. The van der Waals surface area contributed by atoms with Crippen LogP contribution in [-0.4, -0.2) is 17.1 Å². The van der Waals surface area contributed by atoms with E-state index in [0.717, 1.165) is 11.1 Å². The number of phenolic OH excluding ortho intramolecular Hbond substituents is 1. The Kier molecular flexibility index (Phi) is 5.17. The van der Waals surface area contributed by atoms with Gasteiger partial charge in [0.25, 0.3) is 5.91 Å². The fourth-order valence-electron chi connectivity index (χ4n) is 2.21. The lowest BCUT2D eigenvalue weighted by Crippen LogP contribution is -2.30. The molecule has 1 amide bonds. The molecule has 2 rings (SSSR count). The summed E-state index contributed by atoms with van der Waals surface area (Å²) in [5.74, 6) is 0.367. The zero-order chi connectivity index (χ0) is 17.9. The van der Waals surface area contributed by atoms with Crippen molar-refractivity contribution >= 4 is 11.6 Å². The van der Waals surface area contributed by atoms with Gasteiger partial charge in [0.15, 0.2) is 6.10 Å². The molecular formula is C20H25NO3. The SMILES string of the molecule is Cc1ccc(O[C@@H](C)C(=O)Nc2cc(C(C)(C)C)ccc2O)cc1. The van der Waals surface area contributed by atoms with Crippen LogP contribution in [0.25, 0.3) is 0 Å². The molecule has 2 N–H and O–H groups in total. The summed E-state index contributed by atoms with van der Waals surface area (Å²) < 4.78 is 5.65. The predicted molar refractivity (Wildman–Crippen MR) is 96.7 cm³/mol. The number of aromatic hydroxyl groups is 1. The number of amides is 1. The van der Waals surface area contributed by atoms with Crippen LogP contribution in [-0.2, 0) is 10.2 Å². The van der Waals surface area contributed by atoms with Gasteiger partial charge in [-0.05, 0) is 49.1 Å². The highest BCUT2D eigenvalue weighted by Crippen LogP contribution is 2.30. The van der Waals surface area contributed by atoms with Crippen molar-refractivity contribution in [1.82, 2.24) is 0 Å². The maximum atomic E-state index is 12.3. The molecule has 0 saturated heterocycles. The monoisotopic (exact) mass is 327 g/mol. The van der Waals surface area contributed by atoms with Crippen LogP contribution in [0.15, 0.2) is 42.5 Å². The summed E-state index contributed by atoms with van der Waals surface area (Å²) >= 11 is 0. The molecule has 0 heterocycles. The molecular weight excluding hydrogens is 302 g/mol. The molecule has 24 heavy (non-hydrogen) atoms. The molecule has 0 aliphatic rings. The zero-order valence-electron chi connectivity index (χ0n) is 14.9. The Labute approximate surface area is 143 Å². The summed E-state index contributed by atoms with van der Waals surface area (Å²) in [5, 5.41) is 12.7. The molecule has 0 radical (unpaired) electrons. The lowest BCUT2D eigenvalue weighted by atomic mass is 9.87. The van der Waals surface area contributed by atoms with Gasteiger partial charge in [-0.2, -0.15) is 0 Å². The minimum atomic E-state index is -0.676. The van der Waals surface area contributed by atoms with Gasteiger partial charge in [-0.15, -0.1) is 0 Å². The van der Waals surface area contributed by atoms with Crippen molar-refractivity contribution in [2.75, 3.05) is 5.32 Å². The van der Waals surface area contributed by atoms with Crippen LogP contribution < -0.4 is 10.1 Å². The number of carbonyl (C=O) groups excluding carboxylic acids is 1. The van der Waals surface area contributed by atoms with Crippen molar-refractivity contribution in [1.29, 1.82) is 0 Å². The second-order valence-electron chi connectivity index (χ2n) is 7.04. The van der Waals surface area contributed by atoms with Crippen LogP contribution in [0.5, 0.6) is 11.5 Å². The second kappa shape index (κ2) is 6.95. The number of nitrogens with one attached hydrogen (secondary N) is 1. The van der Waals surface area contributed by atoms with Crippen molar-refractivity contribution in [3.8, 4) is 11.5 Å². The van der Waals surface area contributed by atoms with E-state index in [1.807, 2.05) is 37.3 Å². The summed E-state index contributed by atoms with van der Waals surface area (Å²) in [5.41, 5.74) is 2.48. The highest BCUT2D eigenvalue weighted by atomic mass is 16.5. The molecule has 128 valence electrons. The maximum absolute atomic E-state index is 12.3. The fourth-order valence-corrected chi connectivity index (χ4v) is 2.21. The Hall–Kier alpha value is -2.49. The number of hydrogen-bond acceptors (Lipinski definition) is 3. The molecule has 0 unspecified atom stereocenters. The number of phenols is 1. The van der Waals surface area contributed by atoms with E-state index in [1.165, 1.54) is 0 Å². The molecule has 2 aromatic carbocycles. The number of rotatable bonds is 4. The van der Waals surface area contributed by atoms with E-state index in [4.69, 9.17) is 4.74 Å². The predicted octanol–water partition coefficient (Wildman–Crippen LogP) is 4.40. The highest BCUT2D eigenvalue weighted by Gasteiger charge is 2.19. The molecule has 4 nitrogen and oxygen atoms in total. The van der Waals surface area contributed by atoms with Crippen molar-refractivity contribution in [3.63, 3.8) is 0 Å². The third-order valence-corrected chi connectivity index (χ3v) is 3.82. The van der Waals surface area contributed by atoms with E-state index in [-0.39, 0.29) is 17.1 Å². The Bertz CT molecular complexity index is 715. The highest BCUT2D eigenvalue weighted by molar-refractivity contribution is 5.95. The standard InChI is InChI=1S/C20H25NO3/c1-13-6-9-16(10-7-13)24-14(2)19(23)21-17-12-15(20(3,4)5)8-11-18(17)22/h6-12,14,22H,1-5H3,(H,21,23)/t14-/m0/s1. The molecule has 0 aliphatic carbocycles. The van der Waals surface area contributed by atoms with Gasteiger partial charge in [0.2, 0.25) is 0 Å². The first kappa shape index (κ1) is 17.9. The van der Waals surface area contributed by atoms with Gasteiger partial charge >= 0.3 is 0 Å². The van der Waals surface area contributed by atoms with E-state index < -0.39 is 6.10 Å². The normalized spacial score (nSPS) is 12.5. The van der Waals surface area contributed by atoms with Crippen LogP contribution in [0.4, 0.5) is 5.69 Å². The molecule has 1 atom stereocenters. The summed E-state index contributed by atoms with van der Waals surface area (Å²) in [6.45, 7) is 9.90. The van der Waals surface area contributed by atoms with E-state index in [1.54, 1.807) is 19.1 Å². The summed E-state index contributed by atoms with van der Waals surface area (Å²) in [6, 6.07) is 12.8. The first-order valence-electron chi connectivity index (χ1n) is 8.04. The largest absolute Gasteiger partial charge is 0.506 e. The Morgan fingerprint density at radius 3 is 2.33 bits per heavy atom. The molecule has 0 saturated carbocycles. The maximum Gasteiger partial charge on any atom is 0.265 e. The average molecular weight is 327 g/mol.